The van der Waals surface area contributed by atoms with Crippen molar-refractivity contribution >= 4 is 37.5 Å². The fourth-order valence-electron chi connectivity index (χ4n) is 1.82. The highest BCUT2D eigenvalue weighted by Gasteiger charge is 2.16. The van der Waals surface area contributed by atoms with Crippen LogP contribution in [0.5, 0.6) is 0 Å². The number of benzene rings is 1. The molecule has 0 aliphatic heterocycles. The molecule has 8 heteroatoms. The fraction of sp³-hybridized carbons (Fsp3) is 0.154. The molecule has 0 spiro atoms. The molecule has 1 aromatic carbocycles. The Morgan fingerprint density at radius 1 is 1.29 bits per heavy atom. The second kappa shape index (κ2) is 6.42. The van der Waals surface area contributed by atoms with Crippen LogP contribution < -0.4 is 16.0 Å². The van der Waals surface area contributed by atoms with Crippen molar-refractivity contribution in [2.24, 2.45) is 5.84 Å². The normalized spacial score (nSPS) is 11.2. The third-order valence-electron chi connectivity index (χ3n) is 2.88. The van der Waals surface area contributed by atoms with Gasteiger partial charge >= 0.3 is 0 Å². The molecule has 0 fully saturated rings. The number of nitrogens with zero attached hydrogens (tertiary/aromatic N) is 1. The molecule has 0 bridgehead atoms. The smallest absolute Gasteiger partial charge is 0.262 e. The highest BCUT2D eigenvalue weighted by molar-refractivity contribution is 9.10. The van der Waals surface area contributed by atoms with E-state index in [1.165, 1.54) is 18.3 Å². The summed E-state index contributed by atoms with van der Waals surface area (Å²) in [5.41, 5.74) is 3.78. The molecular formula is C13H15BrN4O2S. The van der Waals surface area contributed by atoms with Crippen LogP contribution in [-0.2, 0) is 16.4 Å². The maximum absolute atomic E-state index is 12.4. The Labute approximate surface area is 131 Å². The van der Waals surface area contributed by atoms with E-state index >= 15 is 0 Å². The van der Waals surface area contributed by atoms with Crippen molar-refractivity contribution in [1.82, 2.24) is 4.98 Å². The minimum Gasteiger partial charge on any atom is -0.308 e. The van der Waals surface area contributed by atoms with Crippen LogP contribution in [0.2, 0.25) is 0 Å². The molecule has 0 saturated carbocycles. The Hall–Kier alpha value is -1.64. The number of nitrogens with two attached hydrogens (primary N) is 1. The first kappa shape index (κ1) is 15.7. The zero-order valence-corrected chi connectivity index (χ0v) is 13.7. The van der Waals surface area contributed by atoms with Crippen LogP contribution in [0, 0.1) is 0 Å². The molecule has 0 unspecified atom stereocenters. The lowest BCUT2D eigenvalue weighted by Crippen LogP contribution is -2.15. The van der Waals surface area contributed by atoms with Gasteiger partial charge in [-0.3, -0.25) is 4.72 Å². The number of nitrogens with one attached hydrogen (secondary N) is 2. The Morgan fingerprint density at radius 2 is 2.05 bits per heavy atom. The Kier molecular flexibility index (Phi) is 4.81. The number of hydrogen-bond acceptors (Lipinski definition) is 5. The summed E-state index contributed by atoms with van der Waals surface area (Å²) >= 11 is 3.37. The summed E-state index contributed by atoms with van der Waals surface area (Å²) in [7, 11) is -3.69. The molecule has 1 heterocycles. The molecule has 2 rings (SSSR count). The van der Waals surface area contributed by atoms with Gasteiger partial charge in [-0.05, 0) is 36.2 Å². The lowest BCUT2D eigenvalue weighted by atomic mass is 10.1. The number of sulfonamides is 1. The van der Waals surface area contributed by atoms with Crippen LogP contribution in [0.1, 0.15) is 12.5 Å². The second-order valence-corrected chi connectivity index (χ2v) is 6.88. The van der Waals surface area contributed by atoms with Crippen LogP contribution in [0.25, 0.3) is 0 Å². The molecule has 112 valence electrons. The highest BCUT2D eigenvalue weighted by atomic mass is 79.9. The molecule has 2 aromatic rings. The van der Waals surface area contributed by atoms with Crippen LogP contribution >= 0.6 is 15.9 Å². The lowest BCUT2D eigenvalue weighted by Gasteiger charge is -2.12. The van der Waals surface area contributed by atoms with Crippen molar-refractivity contribution in [1.29, 1.82) is 0 Å². The van der Waals surface area contributed by atoms with Gasteiger partial charge in [-0.15, -0.1) is 0 Å². The van der Waals surface area contributed by atoms with Crippen LogP contribution in [0.3, 0.4) is 0 Å². The van der Waals surface area contributed by atoms with Gasteiger partial charge in [0.25, 0.3) is 10.0 Å². The van der Waals surface area contributed by atoms with Gasteiger partial charge in [-0.2, -0.15) is 0 Å². The van der Waals surface area contributed by atoms with Gasteiger partial charge in [0.1, 0.15) is 5.82 Å². The maximum atomic E-state index is 12.4. The zero-order valence-electron chi connectivity index (χ0n) is 11.3. The van der Waals surface area contributed by atoms with Gasteiger partial charge in [-0.1, -0.05) is 22.9 Å². The van der Waals surface area contributed by atoms with E-state index in [9.17, 15) is 8.42 Å². The van der Waals surface area contributed by atoms with E-state index in [0.717, 1.165) is 10.0 Å². The molecule has 0 aliphatic carbocycles. The summed E-state index contributed by atoms with van der Waals surface area (Å²) in [6.45, 7) is 1.96. The second-order valence-electron chi connectivity index (χ2n) is 4.28. The number of halogens is 1. The summed E-state index contributed by atoms with van der Waals surface area (Å²) in [6, 6.07) is 8.18. The molecule has 0 aliphatic rings. The number of anilines is 2. The van der Waals surface area contributed by atoms with E-state index < -0.39 is 10.0 Å². The van der Waals surface area contributed by atoms with E-state index in [1.807, 2.05) is 13.0 Å². The van der Waals surface area contributed by atoms with E-state index in [0.29, 0.717) is 12.1 Å². The van der Waals surface area contributed by atoms with Crippen LogP contribution in [0.15, 0.2) is 45.9 Å². The lowest BCUT2D eigenvalue weighted by molar-refractivity contribution is 0.601. The number of hydrogen-bond donors (Lipinski definition) is 3. The first-order chi connectivity index (χ1) is 9.96. The zero-order chi connectivity index (χ0) is 15.5. The number of pyridine rings is 1. The van der Waals surface area contributed by atoms with Gasteiger partial charge in [0.05, 0.1) is 10.6 Å². The van der Waals surface area contributed by atoms with Crippen molar-refractivity contribution < 1.29 is 8.42 Å². The number of rotatable bonds is 5. The first-order valence-corrected chi connectivity index (χ1v) is 8.48. The Morgan fingerprint density at radius 3 is 2.71 bits per heavy atom. The third kappa shape index (κ3) is 3.72. The van der Waals surface area contributed by atoms with Crippen molar-refractivity contribution in [2.45, 2.75) is 18.2 Å². The SMILES string of the molecule is CCc1cc(Br)ccc1NS(=O)(=O)c1ccnc(NN)c1. The largest absolute Gasteiger partial charge is 0.308 e. The van der Waals surface area contributed by atoms with Gasteiger partial charge in [0.2, 0.25) is 0 Å². The van der Waals surface area contributed by atoms with Gasteiger partial charge in [0, 0.05) is 16.7 Å². The summed E-state index contributed by atoms with van der Waals surface area (Å²) in [5.74, 6) is 5.53. The van der Waals surface area contributed by atoms with E-state index in [-0.39, 0.29) is 10.7 Å². The monoisotopic (exact) mass is 370 g/mol. The minimum atomic E-state index is -3.69. The minimum absolute atomic E-state index is 0.0930. The first-order valence-electron chi connectivity index (χ1n) is 6.20. The van der Waals surface area contributed by atoms with Crippen molar-refractivity contribution in [2.75, 3.05) is 10.1 Å². The van der Waals surface area contributed by atoms with Gasteiger partial charge < -0.3 is 5.43 Å². The molecule has 0 radical (unpaired) electrons. The van der Waals surface area contributed by atoms with Crippen molar-refractivity contribution in [3.63, 3.8) is 0 Å². The van der Waals surface area contributed by atoms with E-state index in [2.05, 4.69) is 31.1 Å². The third-order valence-corrected chi connectivity index (χ3v) is 4.74. The average molecular weight is 371 g/mol. The molecular weight excluding hydrogens is 356 g/mol. The Balaban J connectivity index is 2.37. The van der Waals surface area contributed by atoms with Crippen molar-refractivity contribution in [3.8, 4) is 0 Å². The fourth-order valence-corrected chi connectivity index (χ4v) is 3.34. The molecule has 21 heavy (non-hydrogen) atoms. The topological polar surface area (TPSA) is 97.1 Å². The van der Waals surface area contributed by atoms with Crippen LogP contribution in [-0.4, -0.2) is 13.4 Å². The summed E-state index contributed by atoms with van der Waals surface area (Å²) in [6.07, 6.45) is 2.09. The van der Waals surface area contributed by atoms with Gasteiger partial charge in [0.15, 0.2) is 0 Å². The molecule has 0 atom stereocenters. The standard InChI is InChI=1S/C13H15BrN4O2S/c1-2-9-7-10(14)3-4-12(9)18-21(19,20)11-5-6-16-13(8-11)17-15/h3-8,18H,2,15H2,1H3,(H,16,17). The summed E-state index contributed by atoms with van der Waals surface area (Å²) in [4.78, 5) is 3.98. The highest BCUT2D eigenvalue weighted by Crippen LogP contribution is 2.24. The van der Waals surface area contributed by atoms with Crippen LogP contribution in [0.4, 0.5) is 11.5 Å². The van der Waals surface area contributed by atoms with E-state index in [1.54, 1.807) is 12.1 Å². The average Bonchev–Trinajstić information content (AvgIpc) is 2.49. The Bertz CT molecular complexity index is 750. The van der Waals surface area contributed by atoms with Crippen molar-refractivity contribution in [3.05, 3.63) is 46.6 Å². The number of aromatic nitrogens is 1. The van der Waals surface area contributed by atoms with Gasteiger partial charge in [-0.25, -0.2) is 19.2 Å². The molecule has 4 N–H and O–H groups in total. The summed E-state index contributed by atoms with van der Waals surface area (Å²) < 4.78 is 28.3. The predicted octanol–water partition coefficient (Wildman–Crippen LogP) is 2.49. The molecule has 0 saturated heterocycles. The maximum Gasteiger partial charge on any atom is 0.262 e. The molecule has 1 aromatic heterocycles. The quantitative estimate of drug-likeness (QED) is 0.554. The molecule has 0 amide bonds. The number of aryl methyl sites for hydroxylation is 1. The molecule has 6 nitrogen and oxygen atoms in total. The number of hydrazine groups is 1. The van der Waals surface area contributed by atoms with E-state index in [4.69, 9.17) is 5.84 Å². The summed E-state index contributed by atoms with van der Waals surface area (Å²) in [5, 5.41) is 0. The number of nitrogen functional groups attached to an aromatic ring is 1. The predicted molar refractivity (Wildman–Crippen MR) is 86.4 cm³/mol.